The molecule has 0 aliphatic carbocycles. The van der Waals surface area contributed by atoms with Crippen LogP contribution < -0.4 is 15.5 Å². The van der Waals surface area contributed by atoms with Gasteiger partial charge in [-0.15, -0.1) is 0 Å². The third-order valence-electron chi connectivity index (χ3n) is 3.31. The van der Waals surface area contributed by atoms with E-state index in [0.29, 0.717) is 0 Å². The number of benzene rings is 1. The van der Waals surface area contributed by atoms with Crippen molar-refractivity contribution in [1.82, 2.24) is 10.7 Å². The number of amides is 2. The zero-order chi connectivity index (χ0) is 12.9. The van der Waals surface area contributed by atoms with E-state index in [1.165, 1.54) is 0 Å². The number of rotatable bonds is 0. The number of ether oxygens (including phenoxy) is 1. The maximum Gasteiger partial charge on any atom is 0.335 e. The highest BCUT2D eigenvalue weighted by molar-refractivity contribution is 6.11. The SMILES string of the molecule is Cc1ccc2c(c1)C1=NNC(=O)NC1C(C)(C)O2. The average molecular weight is 245 g/mol. The number of hydrazone groups is 1. The highest BCUT2D eigenvalue weighted by atomic mass is 16.5. The zero-order valence-electron chi connectivity index (χ0n) is 10.6. The van der Waals surface area contributed by atoms with Gasteiger partial charge in [-0.1, -0.05) is 11.6 Å². The predicted octanol–water partition coefficient (Wildman–Crippen LogP) is 1.55. The second-order valence-electron chi connectivity index (χ2n) is 5.22. The summed E-state index contributed by atoms with van der Waals surface area (Å²) in [5, 5.41) is 7.05. The lowest BCUT2D eigenvalue weighted by atomic mass is 9.86. The van der Waals surface area contributed by atoms with Gasteiger partial charge >= 0.3 is 6.03 Å². The van der Waals surface area contributed by atoms with Gasteiger partial charge in [0.2, 0.25) is 0 Å². The normalized spacial score (nSPS) is 23.8. The molecule has 2 aliphatic heterocycles. The molecule has 5 heteroatoms. The van der Waals surface area contributed by atoms with Crippen LogP contribution in [-0.2, 0) is 0 Å². The molecule has 18 heavy (non-hydrogen) atoms. The molecular formula is C13H15N3O2. The summed E-state index contributed by atoms with van der Waals surface area (Å²) < 4.78 is 5.97. The molecule has 0 saturated heterocycles. The van der Waals surface area contributed by atoms with Gasteiger partial charge in [-0.05, 0) is 32.9 Å². The van der Waals surface area contributed by atoms with Crippen molar-refractivity contribution in [2.75, 3.05) is 0 Å². The third-order valence-corrected chi connectivity index (χ3v) is 3.31. The van der Waals surface area contributed by atoms with Crippen molar-refractivity contribution in [3.05, 3.63) is 29.3 Å². The predicted molar refractivity (Wildman–Crippen MR) is 67.9 cm³/mol. The van der Waals surface area contributed by atoms with Gasteiger partial charge in [-0.3, -0.25) is 0 Å². The summed E-state index contributed by atoms with van der Waals surface area (Å²) in [4.78, 5) is 11.4. The summed E-state index contributed by atoms with van der Waals surface area (Å²) in [5.41, 5.74) is 4.84. The van der Waals surface area contributed by atoms with Gasteiger partial charge in [-0.2, -0.15) is 5.10 Å². The lowest BCUT2D eigenvalue weighted by Crippen LogP contribution is -2.63. The van der Waals surface area contributed by atoms with E-state index in [4.69, 9.17) is 4.74 Å². The van der Waals surface area contributed by atoms with Gasteiger partial charge in [-0.25, -0.2) is 10.2 Å². The van der Waals surface area contributed by atoms with Gasteiger partial charge in [0.1, 0.15) is 17.4 Å². The fourth-order valence-corrected chi connectivity index (χ4v) is 2.40. The monoisotopic (exact) mass is 245 g/mol. The van der Waals surface area contributed by atoms with Crippen molar-refractivity contribution in [1.29, 1.82) is 0 Å². The minimum absolute atomic E-state index is 0.236. The minimum atomic E-state index is -0.515. The molecule has 2 N–H and O–H groups in total. The first-order valence-corrected chi connectivity index (χ1v) is 5.91. The van der Waals surface area contributed by atoms with Crippen LogP contribution in [0.4, 0.5) is 4.79 Å². The Balaban J connectivity index is 2.18. The molecule has 1 aromatic rings. The molecule has 1 atom stereocenters. The van der Waals surface area contributed by atoms with Crippen LogP contribution in [0.5, 0.6) is 5.75 Å². The molecule has 0 saturated carbocycles. The van der Waals surface area contributed by atoms with Gasteiger partial charge in [0, 0.05) is 5.56 Å². The molecule has 0 bridgehead atoms. The number of urea groups is 1. The van der Waals surface area contributed by atoms with Crippen molar-refractivity contribution in [2.24, 2.45) is 5.10 Å². The third kappa shape index (κ3) is 1.54. The highest BCUT2D eigenvalue weighted by Crippen LogP contribution is 2.34. The smallest absolute Gasteiger partial charge is 0.335 e. The summed E-state index contributed by atoms with van der Waals surface area (Å²) in [7, 11) is 0. The number of fused-ring (bicyclic) bond motifs is 3. The first kappa shape index (κ1) is 11.1. The molecule has 0 spiro atoms. The Morgan fingerprint density at radius 1 is 1.39 bits per heavy atom. The molecule has 0 radical (unpaired) electrons. The van der Waals surface area contributed by atoms with Crippen LogP contribution in [0.2, 0.25) is 0 Å². The molecule has 0 aromatic heterocycles. The lowest BCUT2D eigenvalue weighted by molar-refractivity contribution is 0.0820. The molecule has 1 aromatic carbocycles. The first-order valence-electron chi connectivity index (χ1n) is 5.91. The second kappa shape index (κ2) is 3.48. The van der Waals surface area contributed by atoms with E-state index in [1.807, 2.05) is 39.0 Å². The van der Waals surface area contributed by atoms with E-state index >= 15 is 0 Å². The number of carbonyl (C=O) groups is 1. The number of carbonyl (C=O) groups excluding carboxylic acids is 1. The molecule has 3 rings (SSSR count). The van der Waals surface area contributed by atoms with Crippen molar-refractivity contribution in [2.45, 2.75) is 32.4 Å². The quantitative estimate of drug-likeness (QED) is 0.728. The van der Waals surface area contributed by atoms with E-state index in [2.05, 4.69) is 15.8 Å². The number of aryl methyl sites for hydroxylation is 1. The van der Waals surface area contributed by atoms with E-state index in [9.17, 15) is 4.79 Å². The van der Waals surface area contributed by atoms with E-state index in [-0.39, 0.29) is 12.1 Å². The fourth-order valence-electron chi connectivity index (χ4n) is 2.40. The standard InChI is InChI=1S/C13H15N3O2/c1-7-4-5-9-8(6-7)10-11(13(2,3)18-9)14-12(17)16-15-10/h4-6,11H,1-3H3,(H2,14,16,17). The van der Waals surface area contributed by atoms with Crippen LogP contribution >= 0.6 is 0 Å². The van der Waals surface area contributed by atoms with Crippen LogP contribution in [0.1, 0.15) is 25.0 Å². The van der Waals surface area contributed by atoms with E-state index in [0.717, 1.165) is 22.6 Å². The van der Waals surface area contributed by atoms with Crippen molar-refractivity contribution < 1.29 is 9.53 Å². The Bertz CT molecular complexity index is 563. The van der Waals surface area contributed by atoms with Crippen molar-refractivity contribution in [3.8, 4) is 5.75 Å². The van der Waals surface area contributed by atoms with Crippen LogP contribution in [0.3, 0.4) is 0 Å². The summed E-state index contributed by atoms with van der Waals surface area (Å²) in [6.45, 7) is 5.91. The molecule has 94 valence electrons. The molecule has 1 unspecified atom stereocenters. The Labute approximate surface area is 105 Å². The largest absolute Gasteiger partial charge is 0.485 e. The number of nitrogens with one attached hydrogen (secondary N) is 2. The second-order valence-corrected chi connectivity index (χ2v) is 5.22. The van der Waals surface area contributed by atoms with E-state index < -0.39 is 5.60 Å². The molecule has 2 heterocycles. The van der Waals surface area contributed by atoms with Gasteiger partial charge in [0.05, 0.1) is 5.71 Å². The Morgan fingerprint density at radius 2 is 2.17 bits per heavy atom. The zero-order valence-corrected chi connectivity index (χ0v) is 10.6. The lowest BCUT2D eigenvalue weighted by Gasteiger charge is -2.42. The molecule has 0 fully saturated rings. The summed E-state index contributed by atoms with van der Waals surface area (Å²) in [6.07, 6.45) is 0. The molecule has 2 amide bonds. The summed E-state index contributed by atoms with van der Waals surface area (Å²) >= 11 is 0. The molecular weight excluding hydrogens is 230 g/mol. The minimum Gasteiger partial charge on any atom is -0.485 e. The summed E-state index contributed by atoms with van der Waals surface area (Å²) in [5.74, 6) is 0.804. The average Bonchev–Trinajstić information content (AvgIpc) is 2.30. The van der Waals surface area contributed by atoms with Crippen molar-refractivity contribution >= 4 is 11.7 Å². The molecule has 5 nitrogen and oxygen atoms in total. The van der Waals surface area contributed by atoms with Crippen LogP contribution in [0.25, 0.3) is 0 Å². The Kier molecular flexibility index (Phi) is 2.14. The highest BCUT2D eigenvalue weighted by Gasteiger charge is 2.44. The topological polar surface area (TPSA) is 62.7 Å². The molecule has 2 aliphatic rings. The Morgan fingerprint density at radius 3 is 2.94 bits per heavy atom. The first-order chi connectivity index (χ1) is 8.47. The van der Waals surface area contributed by atoms with Gasteiger partial charge < -0.3 is 10.1 Å². The number of nitrogens with zero attached hydrogens (tertiary/aromatic N) is 1. The number of hydrogen-bond acceptors (Lipinski definition) is 3. The fraction of sp³-hybridized carbons (Fsp3) is 0.385. The van der Waals surface area contributed by atoms with Crippen LogP contribution in [0.15, 0.2) is 23.3 Å². The Hall–Kier alpha value is -2.04. The number of hydrogen-bond donors (Lipinski definition) is 2. The van der Waals surface area contributed by atoms with Crippen molar-refractivity contribution in [3.63, 3.8) is 0 Å². The summed E-state index contributed by atoms with van der Waals surface area (Å²) in [6, 6.07) is 5.44. The van der Waals surface area contributed by atoms with E-state index in [1.54, 1.807) is 0 Å². The van der Waals surface area contributed by atoms with Crippen LogP contribution in [0, 0.1) is 6.92 Å². The van der Waals surface area contributed by atoms with Gasteiger partial charge in [0.25, 0.3) is 0 Å². The maximum absolute atomic E-state index is 11.4. The maximum atomic E-state index is 11.4. The van der Waals surface area contributed by atoms with Gasteiger partial charge in [0.15, 0.2) is 0 Å². The van der Waals surface area contributed by atoms with Crippen LogP contribution in [-0.4, -0.2) is 23.4 Å².